The number of alkyl halides is 2. The van der Waals surface area contributed by atoms with Gasteiger partial charge in [-0.25, -0.2) is 13.8 Å². The van der Waals surface area contributed by atoms with E-state index in [2.05, 4.69) is 5.10 Å². The lowest BCUT2D eigenvalue weighted by Gasteiger charge is -2.31. The molecule has 3 aromatic heterocycles. The number of anilines is 2. The molecule has 0 amide bonds. The smallest absolute Gasteiger partial charge is 0.264 e. The van der Waals surface area contributed by atoms with Gasteiger partial charge in [0.05, 0.1) is 17.3 Å². The zero-order valence-corrected chi connectivity index (χ0v) is 18.8. The number of aryl methyl sites for hydroxylation is 3. The topological polar surface area (TPSA) is 56.0 Å². The maximum absolute atomic E-state index is 14.1. The lowest BCUT2D eigenvalue weighted by Crippen LogP contribution is -2.25. The second-order valence-corrected chi connectivity index (χ2v) is 8.49. The number of aromatic nitrogens is 4. The summed E-state index contributed by atoms with van der Waals surface area (Å²) in [6.45, 7) is 2.50. The summed E-state index contributed by atoms with van der Waals surface area (Å²) in [4.78, 5) is 19.3. The number of carbonyl (C=O) groups is 1. The Balaban J connectivity index is 1.64. The van der Waals surface area contributed by atoms with Crippen LogP contribution in [0.5, 0.6) is 0 Å². The molecule has 0 fully saturated rings. The molecule has 8 heteroatoms. The molecule has 0 radical (unpaired) electrons. The van der Waals surface area contributed by atoms with E-state index in [0.29, 0.717) is 41.0 Å². The Morgan fingerprint density at radius 3 is 2.70 bits per heavy atom. The fourth-order valence-electron chi connectivity index (χ4n) is 4.67. The van der Waals surface area contributed by atoms with Crippen LogP contribution in [0, 0.1) is 0 Å². The first-order chi connectivity index (χ1) is 15.9. The number of Topliss-reactive ketones (excluding diaryl/α,β-unsaturated/α-hetero) is 1. The van der Waals surface area contributed by atoms with Crippen molar-refractivity contribution in [1.82, 2.24) is 19.3 Å². The van der Waals surface area contributed by atoms with Crippen molar-refractivity contribution in [3.63, 3.8) is 0 Å². The van der Waals surface area contributed by atoms with Gasteiger partial charge in [-0.3, -0.25) is 9.48 Å². The van der Waals surface area contributed by atoms with Gasteiger partial charge in [0.15, 0.2) is 5.78 Å². The lowest BCUT2D eigenvalue weighted by molar-refractivity contribution is 0.0989. The third kappa shape index (κ3) is 3.59. The molecule has 0 aliphatic carbocycles. The van der Waals surface area contributed by atoms with Crippen molar-refractivity contribution in [2.24, 2.45) is 14.1 Å². The van der Waals surface area contributed by atoms with E-state index in [1.165, 1.54) is 0 Å². The number of nitrogens with zero attached hydrogens (tertiary/aromatic N) is 5. The number of hydrogen-bond acceptors (Lipinski definition) is 4. The fraction of sp³-hybridized carbons (Fsp3) is 0.320. The average Bonchev–Trinajstić information content (AvgIpc) is 3.40. The number of ketones is 1. The molecule has 4 heterocycles. The highest BCUT2D eigenvalue weighted by molar-refractivity contribution is 6.06. The number of hydrogen-bond donors (Lipinski definition) is 0. The minimum atomic E-state index is -2.62. The van der Waals surface area contributed by atoms with Gasteiger partial charge in [-0.1, -0.05) is 6.92 Å². The Hall–Kier alpha value is -3.55. The minimum absolute atomic E-state index is 0.0173. The number of pyridine rings is 1. The van der Waals surface area contributed by atoms with E-state index >= 15 is 0 Å². The Morgan fingerprint density at radius 2 is 2.00 bits per heavy atom. The van der Waals surface area contributed by atoms with Gasteiger partial charge in [0.2, 0.25) is 0 Å². The normalized spacial score (nSPS) is 13.7. The summed E-state index contributed by atoms with van der Waals surface area (Å²) in [7, 11) is 3.66. The van der Waals surface area contributed by atoms with Crippen molar-refractivity contribution in [1.29, 1.82) is 0 Å². The first-order valence-corrected chi connectivity index (χ1v) is 11.1. The van der Waals surface area contributed by atoms with Gasteiger partial charge in [-0.2, -0.15) is 5.10 Å². The molecule has 1 aliphatic heterocycles. The molecule has 1 aromatic carbocycles. The highest BCUT2D eigenvalue weighted by atomic mass is 19.3. The molecule has 0 saturated carbocycles. The van der Waals surface area contributed by atoms with Gasteiger partial charge >= 0.3 is 0 Å². The van der Waals surface area contributed by atoms with Crippen LogP contribution in [0.15, 0.2) is 42.9 Å². The van der Waals surface area contributed by atoms with Gasteiger partial charge in [0, 0.05) is 56.3 Å². The predicted octanol–water partition coefficient (Wildman–Crippen LogP) is 5.59. The fourth-order valence-corrected chi connectivity index (χ4v) is 4.67. The summed E-state index contributed by atoms with van der Waals surface area (Å²) in [5, 5.41) is 4.15. The van der Waals surface area contributed by atoms with E-state index in [1.807, 2.05) is 47.8 Å². The summed E-state index contributed by atoms with van der Waals surface area (Å²) in [5.74, 6) is 0.694. The molecule has 6 nitrogen and oxygen atoms in total. The molecule has 0 unspecified atom stereocenters. The predicted molar refractivity (Wildman–Crippen MR) is 124 cm³/mol. The highest BCUT2D eigenvalue weighted by Crippen LogP contribution is 2.41. The van der Waals surface area contributed by atoms with Crippen molar-refractivity contribution in [3.05, 3.63) is 59.5 Å². The SMILES string of the molecule is CCC(=O)c1cn(C)c2ccc(N3CCCc4cc(-c5cnn(C)c5)c(C(F)F)cc43)nc12. The maximum atomic E-state index is 14.1. The number of carbonyl (C=O) groups excluding carboxylic acids is 1. The van der Waals surface area contributed by atoms with Gasteiger partial charge in [-0.15, -0.1) is 0 Å². The first kappa shape index (κ1) is 21.3. The molecule has 33 heavy (non-hydrogen) atoms. The number of rotatable bonds is 5. The van der Waals surface area contributed by atoms with Gasteiger partial charge in [0.1, 0.15) is 11.3 Å². The van der Waals surface area contributed by atoms with E-state index in [1.54, 1.807) is 30.2 Å². The minimum Gasteiger partial charge on any atom is -0.348 e. The van der Waals surface area contributed by atoms with Crippen LogP contribution in [-0.2, 0) is 20.5 Å². The average molecular weight is 450 g/mol. The van der Waals surface area contributed by atoms with Crippen LogP contribution >= 0.6 is 0 Å². The standard InChI is InChI=1S/C25H25F2N5O/c1-4-22(33)19-14-30(2)20-7-8-23(29-24(19)20)32-9-5-6-15-10-17(16-12-28-31(3)13-16)18(25(26)27)11-21(15)32/h7-8,10-14,25H,4-6,9H2,1-3H3. The van der Waals surface area contributed by atoms with Gasteiger partial charge in [0.25, 0.3) is 6.43 Å². The molecular weight excluding hydrogens is 424 g/mol. The van der Waals surface area contributed by atoms with Crippen LogP contribution in [0.3, 0.4) is 0 Å². The Bertz CT molecular complexity index is 1370. The van der Waals surface area contributed by atoms with E-state index < -0.39 is 6.43 Å². The number of halogens is 2. The Labute approximate surface area is 190 Å². The molecule has 170 valence electrons. The van der Waals surface area contributed by atoms with E-state index in [9.17, 15) is 13.6 Å². The largest absolute Gasteiger partial charge is 0.348 e. The monoisotopic (exact) mass is 449 g/mol. The van der Waals surface area contributed by atoms with Crippen LogP contribution in [0.25, 0.3) is 22.2 Å². The summed E-state index contributed by atoms with van der Waals surface area (Å²) in [6, 6.07) is 7.30. The molecule has 5 rings (SSSR count). The number of fused-ring (bicyclic) bond motifs is 2. The van der Waals surface area contributed by atoms with E-state index in [-0.39, 0.29) is 11.3 Å². The Morgan fingerprint density at radius 1 is 1.18 bits per heavy atom. The highest BCUT2D eigenvalue weighted by Gasteiger charge is 2.26. The maximum Gasteiger partial charge on any atom is 0.264 e. The van der Waals surface area contributed by atoms with Crippen LogP contribution < -0.4 is 4.90 Å². The molecule has 0 saturated heterocycles. The molecule has 0 N–H and O–H groups in total. The van der Waals surface area contributed by atoms with Gasteiger partial charge in [-0.05, 0) is 48.2 Å². The lowest BCUT2D eigenvalue weighted by atomic mass is 9.93. The molecule has 0 bridgehead atoms. The van der Waals surface area contributed by atoms with Crippen LogP contribution in [0.1, 0.15) is 47.7 Å². The molecule has 0 atom stereocenters. The van der Waals surface area contributed by atoms with Crippen molar-refractivity contribution in [2.75, 3.05) is 11.4 Å². The second kappa shape index (κ2) is 8.10. The third-order valence-corrected chi connectivity index (χ3v) is 6.34. The zero-order chi connectivity index (χ0) is 23.3. The summed E-state index contributed by atoms with van der Waals surface area (Å²) in [6.07, 6.45) is 4.64. The van der Waals surface area contributed by atoms with Crippen LogP contribution in [0.2, 0.25) is 0 Å². The zero-order valence-electron chi connectivity index (χ0n) is 18.8. The van der Waals surface area contributed by atoms with Crippen molar-refractivity contribution in [2.45, 2.75) is 32.6 Å². The Kier molecular flexibility index (Phi) is 5.23. The summed E-state index contributed by atoms with van der Waals surface area (Å²) < 4.78 is 31.7. The van der Waals surface area contributed by atoms with Gasteiger partial charge < -0.3 is 9.47 Å². The molecular formula is C25H25F2N5O. The molecule has 1 aliphatic rings. The first-order valence-electron chi connectivity index (χ1n) is 11.1. The van der Waals surface area contributed by atoms with Crippen molar-refractivity contribution < 1.29 is 13.6 Å². The van der Waals surface area contributed by atoms with E-state index in [0.717, 1.165) is 29.6 Å². The molecule has 4 aromatic rings. The second-order valence-electron chi connectivity index (χ2n) is 8.49. The van der Waals surface area contributed by atoms with E-state index in [4.69, 9.17) is 4.98 Å². The van der Waals surface area contributed by atoms with Crippen molar-refractivity contribution in [3.8, 4) is 11.1 Å². The third-order valence-electron chi connectivity index (χ3n) is 6.34. The molecule has 0 spiro atoms. The van der Waals surface area contributed by atoms with Crippen LogP contribution in [0.4, 0.5) is 20.3 Å². The van der Waals surface area contributed by atoms with Crippen LogP contribution in [-0.4, -0.2) is 31.7 Å². The summed E-state index contributed by atoms with van der Waals surface area (Å²) >= 11 is 0. The quantitative estimate of drug-likeness (QED) is 0.373. The number of benzene rings is 1. The summed E-state index contributed by atoms with van der Waals surface area (Å²) in [5.41, 5.74) is 5.04. The van der Waals surface area contributed by atoms with Crippen molar-refractivity contribution >= 4 is 28.3 Å².